The number of non-ortho nitro benzene ring substituents is 1. The lowest BCUT2D eigenvalue weighted by Crippen LogP contribution is -2.48. The average Bonchev–Trinajstić information content (AvgIpc) is 2.54. The second kappa shape index (κ2) is 5.70. The van der Waals surface area contributed by atoms with Gasteiger partial charge in [0.15, 0.2) is 0 Å². The monoisotopic (exact) mass is 330 g/mol. The van der Waals surface area contributed by atoms with Gasteiger partial charge in [-0.05, 0) is 41.7 Å². The van der Waals surface area contributed by atoms with Gasteiger partial charge in [0.1, 0.15) is 5.69 Å². The van der Waals surface area contributed by atoms with Crippen molar-refractivity contribution in [3.8, 4) is 0 Å². The molecule has 1 N–H and O–H groups in total. The lowest BCUT2D eigenvalue weighted by Gasteiger charge is -2.55. The average molecular weight is 330 g/mol. The van der Waals surface area contributed by atoms with E-state index >= 15 is 0 Å². The summed E-state index contributed by atoms with van der Waals surface area (Å²) in [7, 11) is 0. The number of hydrazone groups is 1. The van der Waals surface area contributed by atoms with E-state index in [-0.39, 0.29) is 22.5 Å². The lowest BCUT2D eigenvalue weighted by atomic mass is 9.49. The number of nitrogens with zero attached hydrogens (tertiary/aromatic N) is 3. The van der Waals surface area contributed by atoms with Crippen molar-refractivity contribution in [2.24, 2.45) is 22.4 Å². The molecule has 3 aliphatic rings. The second-order valence-corrected chi connectivity index (χ2v) is 6.83. The molecule has 1 aromatic carbocycles. The molecule has 4 rings (SSSR count). The maximum Gasteiger partial charge on any atom is 0.301 e. The normalized spacial score (nSPS) is 24.2. The molecule has 0 spiro atoms. The van der Waals surface area contributed by atoms with Crippen LogP contribution in [0.1, 0.15) is 26.7 Å². The van der Waals surface area contributed by atoms with Crippen LogP contribution in [0.4, 0.5) is 17.1 Å². The highest BCUT2D eigenvalue weighted by atomic mass is 16.6. The summed E-state index contributed by atoms with van der Waals surface area (Å²) in [5.41, 5.74) is 3.48. The van der Waals surface area contributed by atoms with Crippen LogP contribution in [0, 0.1) is 37.5 Å². The molecule has 3 aliphatic carbocycles. The van der Waals surface area contributed by atoms with Crippen LogP contribution in [-0.4, -0.2) is 16.1 Å². The Morgan fingerprint density at radius 2 is 2.04 bits per heavy atom. The first-order chi connectivity index (χ1) is 11.3. The Labute approximate surface area is 138 Å². The second-order valence-electron chi connectivity index (χ2n) is 6.83. The summed E-state index contributed by atoms with van der Waals surface area (Å²) in [6.45, 7) is 4.50. The number of nitro benzene ring substituents is 2. The smallest absolute Gasteiger partial charge is 0.272 e. The third kappa shape index (κ3) is 2.64. The Morgan fingerprint density at radius 1 is 1.29 bits per heavy atom. The summed E-state index contributed by atoms with van der Waals surface area (Å²) in [5, 5.41) is 25.9. The van der Waals surface area contributed by atoms with E-state index in [1.807, 2.05) is 0 Å². The Balaban J connectivity index is 1.76. The van der Waals surface area contributed by atoms with E-state index in [1.54, 1.807) is 6.21 Å². The maximum absolute atomic E-state index is 11.1. The zero-order valence-electron chi connectivity index (χ0n) is 13.4. The number of nitro groups is 2. The van der Waals surface area contributed by atoms with Crippen LogP contribution in [0.25, 0.3) is 0 Å². The third-order valence-corrected chi connectivity index (χ3v) is 5.30. The first kappa shape index (κ1) is 16.1. The predicted octanol–water partition coefficient (Wildman–Crippen LogP) is 3.89. The highest BCUT2D eigenvalue weighted by molar-refractivity contribution is 5.81. The van der Waals surface area contributed by atoms with E-state index in [9.17, 15) is 20.2 Å². The minimum absolute atomic E-state index is 0.129. The number of benzene rings is 1. The number of fused-ring (bicyclic) bond motifs is 1. The quantitative estimate of drug-likeness (QED) is 0.500. The zero-order chi connectivity index (χ0) is 17.5. The van der Waals surface area contributed by atoms with Crippen molar-refractivity contribution in [2.45, 2.75) is 26.7 Å². The van der Waals surface area contributed by atoms with Crippen molar-refractivity contribution in [1.29, 1.82) is 0 Å². The Morgan fingerprint density at radius 3 is 2.62 bits per heavy atom. The molecule has 8 nitrogen and oxygen atoms in total. The molecule has 0 amide bonds. The fourth-order valence-corrected chi connectivity index (χ4v) is 3.60. The summed E-state index contributed by atoms with van der Waals surface area (Å²) < 4.78 is 0. The molecule has 2 unspecified atom stereocenters. The number of hydrogen-bond acceptors (Lipinski definition) is 6. The van der Waals surface area contributed by atoms with E-state index in [0.29, 0.717) is 5.92 Å². The molecule has 0 saturated heterocycles. The number of nitrogens with one attached hydrogen (secondary N) is 1. The molecule has 8 heteroatoms. The molecule has 24 heavy (non-hydrogen) atoms. The van der Waals surface area contributed by atoms with Crippen molar-refractivity contribution in [2.75, 3.05) is 5.43 Å². The molecule has 0 aromatic heterocycles. The number of allylic oxidation sites excluding steroid dienone is 2. The van der Waals surface area contributed by atoms with Gasteiger partial charge in [-0.15, -0.1) is 0 Å². The summed E-state index contributed by atoms with van der Waals surface area (Å²) >= 11 is 0. The molecule has 0 radical (unpaired) electrons. The molecule has 1 saturated carbocycles. The molecule has 1 aromatic rings. The van der Waals surface area contributed by atoms with Gasteiger partial charge in [-0.25, -0.2) is 0 Å². The maximum atomic E-state index is 11.1. The number of hydrogen-bond donors (Lipinski definition) is 1. The van der Waals surface area contributed by atoms with Gasteiger partial charge in [0.05, 0.1) is 22.1 Å². The standard InChI is InChI=1S/C16H18N4O4/c1-16(2)11-4-3-10(13(16)7-11)9-17-18-14-6-5-12(19(21)22)8-15(14)20(23)24/h3,5-6,8-9,11,13,18H,4,7H2,1-2H3/b17-9+. The van der Waals surface area contributed by atoms with Crippen molar-refractivity contribution in [1.82, 2.24) is 0 Å². The lowest BCUT2D eigenvalue weighted by molar-refractivity contribution is -0.393. The molecular weight excluding hydrogens is 312 g/mol. The van der Waals surface area contributed by atoms with Crippen LogP contribution in [0.3, 0.4) is 0 Å². The van der Waals surface area contributed by atoms with Gasteiger partial charge in [0.25, 0.3) is 5.69 Å². The van der Waals surface area contributed by atoms with E-state index in [4.69, 9.17) is 0 Å². The summed E-state index contributed by atoms with van der Waals surface area (Å²) in [4.78, 5) is 20.5. The molecular formula is C16H18N4O4. The van der Waals surface area contributed by atoms with Crippen molar-refractivity contribution in [3.63, 3.8) is 0 Å². The van der Waals surface area contributed by atoms with E-state index in [0.717, 1.165) is 30.4 Å². The van der Waals surface area contributed by atoms with Crippen LogP contribution >= 0.6 is 0 Å². The van der Waals surface area contributed by atoms with Crippen LogP contribution in [0.5, 0.6) is 0 Å². The summed E-state index contributed by atoms with van der Waals surface area (Å²) in [6.07, 6.45) is 6.05. The predicted molar refractivity (Wildman–Crippen MR) is 89.9 cm³/mol. The third-order valence-electron chi connectivity index (χ3n) is 5.30. The van der Waals surface area contributed by atoms with Crippen molar-refractivity contribution >= 4 is 23.3 Å². The van der Waals surface area contributed by atoms with Crippen molar-refractivity contribution < 1.29 is 9.85 Å². The van der Waals surface area contributed by atoms with Gasteiger partial charge < -0.3 is 0 Å². The highest BCUT2D eigenvalue weighted by Crippen LogP contribution is 2.58. The SMILES string of the molecule is CC1(C)C2CC=C(/C=N/Nc3ccc([N+](=O)[O-])cc3[N+](=O)[O-])C1C2. The van der Waals surface area contributed by atoms with Crippen LogP contribution < -0.4 is 5.43 Å². The van der Waals surface area contributed by atoms with Crippen LogP contribution in [0.2, 0.25) is 0 Å². The van der Waals surface area contributed by atoms with Crippen LogP contribution in [0.15, 0.2) is 34.9 Å². The first-order valence-electron chi connectivity index (χ1n) is 7.72. The number of anilines is 1. The molecule has 1 fully saturated rings. The van der Waals surface area contributed by atoms with Gasteiger partial charge in [0, 0.05) is 6.07 Å². The largest absolute Gasteiger partial charge is 0.301 e. The minimum Gasteiger partial charge on any atom is -0.272 e. The van der Waals surface area contributed by atoms with Gasteiger partial charge in [0.2, 0.25) is 0 Å². The van der Waals surface area contributed by atoms with Gasteiger partial charge in [-0.3, -0.25) is 25.7 Å². The van der Waals surface area contributed by atoms with Gasteiger partial charge in [-0.1, -0.05) is 19.9 Å². The van der Waals surface area contributed by atoms with Gasteiger partial charge >= 0.3 is 5.69 Å². The minimum atomic E-state index is -0.665. The summed E-state index contributed by atoms with van der Waals surface area (Å²) in [6, 6.07) is 3.44. The van der Waals surface area contributed by atoms with Gasteiger partial charge in [-0.2, -0.15) is 5.10 Å². The van der Waals surface area contributed by atoms with Crippen LogP contribution in [-0.2, 0) is 0 Å². The Hall–Kier alpha value is -2.77. The fraction of sp³-hybridized carbons (Fsp3) is 0.438. The molecule has 2 atom stereocenters. The molecule has 0 aliphatic heterocycles. The molecule has 126 valence electrons. The highest BCUT2D eigenvalue weighted by Gasteiger charge is 2.50. The molecule has 2 bridgehead atoms. The molecule has 0 heterocycles. The number of rotatable bonds is 5. The van der Waals surface area contributed by atoms with E-state index in [1.165, 1.54) is 12.1 Å². The zero-order valence-corrected chi connectivity index (χ0v) is 13.4. The first-order valence-corrected chi connectivity index (χ1v) is 7.72. The van der Waals surface area contributed by atoms with Crippen molar-refractivity contribution in [3.05, 3.63) is 50.1 Å². The van der Waals surface area contributed by atoms with E-state index in [2.05, 4.69) is 30.5 Å². The van der Waals surface area contributed by atoms with E-state index < -0.39 is 9.85 Å². The Kier molecular flexibility index (Phi) is 3.82. The topological polar surface area (TPSA) is 111 Å². The fourth-order valence-electron chi connectivity index (χ4n) is 3.60. The summed E-state index contributed by atoms with van der Waals surface area (Å²) in [5.74, 6) is 1.19. The Bertz CT molecular complexity index is 769.